The Morgan fingerprint density at radius 3 is 2.59 bits per heavy atom. The van der Waals surface area contributed by atoms with E-state index < -0.39 is 0 Å². The number of carbonyl (C=O) groups is 2. The van der Waals surface area contributed by atoms with Gasteiger partial charge in [0.2, 0.25) is 5.91 Å². The molecule has 1 rings (SSSR count). The molecule has 17 heavy (non-hydrogen) atoms. The van der Waals surface area contributed by atoms with Crippen molar-refractivity contribution in [3.05, 3.63) is 11.1 Å². The van der Waals surface area contributed by atoms with Gasteiger partial charge >= 0.3 is 0 Å². The minimum absolute atomic E-state index is 0.0159. The molecule has 2 amide bonds. The molecule has 0 bridgehead atoms. The highest BCUT2D eigenvalue weighted by molar-refractivity contribution is 7.13. The van der Waals surface area contributed by atoms with Crippen LogP contribution in [0.25, 0.3) is 0 Å². The molecule has 0 aromatic carbocycles. The fraction of sp³-hybridized carbons (Fsp3) is 0.500. The van der Waals surface area contributed by atoms with Crippen LogP contribution in [0.5, 0.6) is 0 Å². The number of nitrogen functional groups attached to an aromatic ring is 1. The average Bonchev–Trinajstić information content (AvgIpc) is 2.74. The second kappa shape index (κ2) is 6.19. The van der Waals surface area contributed by atoms with E-state index in [0.29, 0.717) is 18.2 Å². The van der Waals surface area contributed by atoms with E-state index in [1.54, 1.807) is 10.3 Å². The van der Waals surface area contributed by atoms with E-state index in [9.17, 15) is 9.59 Å². The quantitative estimate of drug-likeness (QED) is 0.794. The molecule has 6 nitrogen and oxygen atoms in total. The number of hydrogen-bond acceptors (Lipinski definition) is 5. The highest BCUT2D eigenvalue weighted by Gasteiger charge is 2.13. The van der Waals surface area contributed by atoms with Gasteiger partial charge in [-0.15, -0.1) is 11.3 Å². The third-order valence-corrected chi connectivity index (χ3v) is 2.94. The molecule has 1 heterocycles. The second-order valence-electron chi connectivity index (χ2n) is 3.32. The first kappa shape index (κ1) is 13.4. The van der Waals surface area contributed by atoms with Crippen LogP contribution >= 0.6 is 11.3 Å². The molecule has 0 atom stereocenters. The first-order valence-corrected chi connectivity index (χ1v) is 6.23. The van der Waals surface area contributed by atoms with Crippen molar-refractivity contribution in [2.45, 2.75) is 13.8 Å². The standard InChI is InChI=1S/C10H16N4O2S/c1-3-14(4-2)8(15)5-12-9(16)7-6-17-10(11)13-7/h6H,3-5H2,1-2H3,(H2,11,13)(H,12,16). The van der Waals surface area contributed by atoms with Gasteiger partial charge in [-0.3, -0.25) is 9.59 Å². The maximum atomic E-state index is 11.6. The molecule has 0 radical (unpaired) electrons. The van der Waals surface area contributed by atoms with E-state index in [1.165, 1.54) is 11.3 Å². The molecular weight excluding hydrogens is 240 g/mol. The van der Waals surface area contributed by atoms with Crippen LogP contribution in [0.15, 0.2) is 5.38 Å². The number of nitrogens with two attached hydrogens (primary N) is 1. The molecule has 0 aliphatic heterocycles. The minimum Gasteiger partial charge on any atom is -0.375 e. The van der Waals surface area contributed by atoms with Gasteiger partial charge in [-0.05, 0) is 13.8 Å². The van der Waals surface area contributed by atoms with Crippen LogP contribution in [0, 0.1) is 0 Å². The molecule has 0 unspecified atom stereocenters. The predicted molar refractivity (Wildman–Crippen MR) is 66.8 cm³/mol. The summed E-state index contributed by atoms with van der Waals surface area (Å²) in [5.41, 5.74) is 5.67. The SMILES string of the molecule is CCN(CC)C(=O)CNC(=O)c1csc(N)n1. The number of nitrogens with one attached hydrogen (secondary N) is 1. The van der Waals surface area contributed by atoms with Crippen molar-refractivity contribution < 1.29 is 9.59 Å². The smallest absolute Gasteiger partial charge is 0.271 e. The summed E-state index contributed by atoms with van der Waals surface area (Å²) >= 11 is 1.19. The Bertz CT molecular complexity index is 401. The third kappa shape index (κ3) is 3.70. The van der Waals surface area contributed by atoms with Crippen LogP contribution in [-0.2, 0) is 4.79 Å². The molecule has 0 saturated heterocycles. The molecule has 0 saturated carbocycles. The Kier molecular flexibility index (Phi) is 4.89. The minimum atomic E-state index is -0.376. The van der Waals surface area contributed by atoms with Gasteiger partial charge in [-0.25, -0.2) is 4.98 Å². The van der Waals surface area contributed by atoms with Gasteiger partial charge in [0.15, 0.2) is 5.13 Å². The zero-order valence-corrected chi connectivity index (χ0v) is 10.7. The second-order valence-corrected chi connectivity index (χ2v) is 4.21. The number of likely N-dealkylation sites (N-methyl/N-ethyl adjacent to an activating group) is 1. The van der Waals surface area contributed by atoms with Gasteiger partial charge in [0, 0.05) is 18.5 Å². The lowest BCUT2D eigenvalue weighted by Gasteiger charge is -2.18. The zero-order chi connectivity index (χ0) is 12.8. The van der Waals surface area contributed by atoms with E-state index in [4.69, 9.17) is 5.73 Å². The summed E-state index contributed by atoms with van der Waals surface area (Å²) in [6.07, 6.45) is 0. The van der Waals surface area contributed by atoms with Crippen molar-refractivity contribution in [3.8, 4) is 0 Å². The number of aromatic nitrogens is 1. The molecule has 1 aromatic heterocycles. The van der Waals surface area contributed by atoms with Gasteiger partial charge in [0.25, 0.3) is 5.91 Å². The van der Waals surface area contributed by atoms with Gasteiger partial charge in [-0.2, -0.15) is 0 Å². The van der Waals surface area contributed by atoms with Crippen molar-refractivity contribution in [3.63, 3.8) is 0 Å². The molecule has 0 spiro atoms. The largest absolute Gasteiger partial charge is 0.375 e. The highest BCUT2D eigenvalue weighted by Crippen LogP contribution is 2.10. The van der Waals surface area contributed by atoms with E-state index in [2.05, 4.69) is 10.3 Å². The number of carbonyl (C=O) groups excluding carboxylic acids is 2. The first-order chi connectivity index (χ1) is 8.08. The Morgan fingerprint density at radius 2 is 2.12 bits per heavy atom. The molecule has 3 N–H and O–H groups in total. The lowest BCUT2D eigenvalue weighted by Crippen LogP contribution is -2.40. The van der Waals surface area contributed by atoms with Crippen molar-refractivity contribution in [2.24, 2.45) is 0 Å². The van der Waals surface area contributed by atoms with Crippen molar-refractivity contribution >= 4 is 28.3 Å². The number of rotatable bonds is 5. The van der Waals surface area contributed by atoms with Gasteiger partial charge < -0.3 is 16.0 Å². The Balaban J connectivity index is 2.46. The van der Waals surface area contributed by atoms with Crippen molar-refractivity contribution in [1.29, 1.82) is 0 Å². The summed E-state index contributed by atoms with van der Waals surface area (Å²) in [5, 5.41) is 4.42. The summed E-state index contributed by atoms with van der Waals surface area (Å²) < 4.78 is 0. The maximum absolute atomic E-state index is 11.6. The number of thiazole rings is 1. The predicted octanol–water partition coefficient (Wildman–Crippen LogP) is 0.323. The topological polar surface area (TPSA) is 88.3 Å². The van der Waals surface area contributed by atoms with Crippen LogP contribution in [0.4, 0.5) is 5.13 Å². The highest BCUT2D eigenvalue weighted by atomic mass is 32.1. The summed E-state index contributed by atoms with van der Waals surface area (Å²) in [6, 6.07) is 0. The van der Waals surface area contributed by atoms with E-state index >= 15 is 0 Å². The number of amides is 2. The number of nitrogens with zero attached hydrogens (tertiary/aromatic N) is 2. The van der Waals surface area contributed by atoms with Gasteiger partial charge in [0.1, 0.15) is 5.69 Å². The van der Waals surface area contributed by atoms with Crippen LogP contribution < -0.4 is 11.1 Å². The molecule has 0 fully saturated rings. The average molecular weight is 256 g/mol. The monoisotopic (exact) mass is 256 g/mol. The molecule has 0 aliphatic carbocycles. The first-order valence-electron chi connectivity index (χ1n) is 5.35. The Hall–Kier alpha value is -1.63. The Morgan fingerprint density at radius 1 is 1.47 bits per heavy atom. The number of anilines is 1. The summed E-state index contributed by atoms with van der Waals surface area (Å²) in [4.78, 5) is 28.7. The van der Waals surface area contributed by atoms with Crippen LogP contribution in [0.3, 0.4) is 0 Å². The molecule has 7 heteroatoms. The molecule has 0 aliphatic rings. The molecular formula is C10H16N4O2S. The van der Waals surface area contributed by atoms with E-state index in [0.717, 1.165) is 0 Å². The fourth-order valence-corrected chi connectivity index (χ4v) is 1.87. The van der Waals surface area contributed by atoms with Crippen LogP contribution in [-0.4, -0.2) is 41.3 Å². The van der Waals surface area contributed by atoms with Crippen LogP contribution in [0.1, 0.15) is 24.3 Å². The third-order valence-electron chi connectivity index (χ3n) is 2.27. The summed E-state index contributed by atoms with van der Waals surface area (Å²) in [7, 11) is 0. The lowest BCUT2D eigenvalue weighted by molar-refractivity contribution is -0.129. The summed E-state index contributed by atoms with van der Waals surface area (Å²) in [6.45, 7) is 5.04. The summed E-state index contributed by atoms with van der Waals surface area (Å²) in [5.74, 6) is -0.481. The number of hydrogen-bond donors (Lipinski definition) is 2. The molecule has 94 valence electrons. The van der Waals surface area contributed by atoms with Crippen molar-refractivity contribution in [2.75, 3.05) is 25.4 Å². The maximum Gasteiger partial charge on any atom is 0.271 e. The van der Waals surface area contributed by atoms with E-state index in [-0.39, 0.29) is 24.1 Å². The van der Waals surface area contributed by atoms with Gasteiger partial charge in [-0.1, -0.05) is 0 Å². The normalized spacial score (nSPS) is 10.0. The fourth-order valence-electron chi connectivity index (χ4n) is 1.33. The molecule has 1 aromatic rings. The zero-order valence-electron chi connectivity index (χ0n) is 9.90. The van der Waals surface area contributed by atoms with E-state index in [1.807, 2.05) is 13.8 Å². The lowest BCUT2D eigenvalue weighted by atomic mass is 10.4. The van der Waals surface area contributed by atoms with Crippen LogP contribution in [0.2, 0.25) is 0 Å². The van der Waals surface area contributed by atoms with Crippen molar-refractivity contribution in [1.82, 2.24) is 15.2 Å². The van der Waals surface area contributed by atoms with Gasteiger partial charge in [0.05, 0.1) is 6.54 Å². The Labute approximate surface area is 104 Å².